The van der Waals surface area contributed by atoms with E-state index in [0.717, 1.165) is 68.5 Å². The van der Waals surface area contributed by atoms with E-state index < -0.39 is 0 Å². The number of hydrogen-bond donors (Lipinski definition) is 2. The molecule has 3 aliphatic rings. The highest BCUT2D eigenvalue weighted by molar-refractivity contribution is 5.95. The van der Waals surface area contributed by atoms with Crippen molar-refractivity contribution in [1.82, 2.24) is 20.1 Å². The van der Waals surface area contributed by atoms with Crippen LogP contribution in [0.5, 0.6) is 11.5 Å². The van der Waals surface area contributed by atoms with E-state index in [1.54, 1.807) is 24.3 Å². The zero-order valence-corrected chi connectivity index (χ0v) is 23.6. The number of piperidine rings is 1. The SMILES string of the molecule is CC1CC(=O)N(Cc2ccc(C(=O)NC3CCN(C4CCOCC4)CC3)cc2Oc2ccc3[nH]c(=O)ccc3c2)C1. The second-order valence-electron chi connectivity index (χ2n) is 11.7. The number of ether oxygens (including phenoxy) is 2. The fraction of sp³-hybridized carbons (Fsp3) is 0.469. The van der Waals surface area contributed by atoms with Gasteiger partial charge in [0.1, 0.15) is 11.5 Å². The van der Waals surface area contributed by atoms with Crippen LogP contribution < -0.4 is 15.6 Å². The Labute approximate surface area is 239 Å². The molecule has 3 aliphatic heterocycles. The number of rotatable bonds is 7. The molecule has 1 atom stereocenters. The number of nitrogens with one attached hydrogen (secondary N) is 2. The second kappa shape index (κ2) is 12.0. The van der Waals surface area contributed by atoms with Crippen molar-refractivity contribution in [1.29, 1.82) is 0 Å². The molecule has 0 bridgehead atoms. The summed E-state index contributed by atoms with van der Waals surface area (Å²) in [6.45, 7) is 6.85. The first kappa shape index (κ1) is 27.5. The lowest BCUT2D eigenvalue weighted by Gasteiger charge is -2.39. The van der Waals surface area contributed by atoms with Crippen molar-refractivity contribution in [3.8, 4) is 11.5 Å². The summed E-state index contributed by atoms with van der Waals surface area (Å²) in [5.74, 6) is 1.46. The average molecular weight is 559 g/mol. The van der Waals surface area contributed by atoms with E-state index in [1.807, 2.05) is 23.1 Å². The third-order valence-electron chi connectivity index (χ3n) is 8.59. The lowest BCUT2D eigenvalue weighted by Crippen LogP contribution is -2.49. The van der Waals surface area contributed by atoms with Crippen LogP contribution in [-0.4, -0.2) is 71.5 Å². The molecule has 0 aliphatic carbocycles. The van der Waals surface area contributed by atoms with Crippen LogP contribution in [0.25, 0.3) is 10.9 Å². The molecule has 216 valence electrons. The van der Waals surface area contributed by atoms with Crippen molar-refractivity contribution in [2.75, 3.05) is 32.8 Å². The van der Waals surface area contributed by atoms with Crippen LogP contribution in [0.3, 0.4) is 0 Å². The summed E-state index contributed by atoms with van der Waals surface area (Å²) >= 11 is 0. The Morgan fingerprint density at radius 1 is 1.02 bits per heavy atom. The zero-order chi connectivity index (χ0) is 28.3. The molecule has 1 unspecified atom stereocenters. The monoisotopic (exact) mass is 558 g/mol. The molecule has 41 heavy (non-hydrogen) atoms. The Hall–Kier alpha value is -3.69. The predicted octanol–water partition coefficient (Wildman–Crippen LogP) is 4.06. The van der Waals surface area contributed by atoms with Crippen LogP contribution in [0.1, 0.15) is 54.9 Å². The van der Waals surface area contributed by atoms with Crippen molar-refractivity contribution < 1.29 is 19.1 Å². The van der Waals surface area contributed by atoms with Gasteiger partial charge in [-0.2, -0.15) is 0 Å². The smallest absolute Gasteiger partial charge is 0.251 e. The number of carbonyl (C=O) groups is 2. The van der Waals surface area contributed by atoms with Crippen molar-refractivity contribution in [2.24, 2.45) is 5.92 Å². The summed E-state index contributed by atoms with van der Waals surface area (Å²) in [6, 6.07) is 14.9. The van der Waals surface area contributed by atoms with Crippen molar-refractivity contribution in [3.63, 3.8) is 0 Å². The summed E-state index contributed by atoms with van der Waals surface area (Å²) < 4.78 is 11.9. The Morgan fingerprint density at radius 2 is 1.83 bits per heavy atom. The van der Waals surface area contributed by atoms with E-state index in [1.165, 1.54) is 6.07 Å². The van der Waals surface area contributed by atoms with Crippen LogP contribution >= 0.6 is 0 Å². The molecule has 3 fully saturated rings. The number of pyridine rings is 1. The number of amides is 2. The summed E-state index contributed by atoms with van der Waals surface area (Å²) in [7, 11) is 0. The summed E-state index contributed by atoms with van der Waals surface area (Å²) in [6.07, 6.45) is 4.58. The normalized spacial score (nSPS) is 21.0. The van der Waals surface area contributed by atoms with Gasteiger partial charge in [-0.15, -0.1) is 0 Å². The van der Waals surface area contributed by atoms with Gasteiger partial charge in [0.2, 0.25) is 11.5 Å². The van der Waals surface area contributed by atoms with Crippen LogP contribution in [0.4, 0.5) is 0 Å². The second-order valence-corrected chi connectivity index (χ2v) is 11.7. The Bertz CT molecular complexity index is 1470. The maximum absolute atomic E-state index is 13.4. The first-order valence-electron chi connectivity index (χ1n) is 14.8. The highest BCUT2D eigenvalue weighted by Crippen LogP contribution is 2.31. The Morgan fingerprint density at radius 3 is 2.59 bits per heavy atom. The number of likely N-dealkylation sites (tertiary alicyclic amines) is 2. The molecule has 3 aromatic rings. The molecule has 9 nitrogen and oxygen atoms in total. The molecule has 6 rings (SSSR count). The fourth-order valence-electron chi connectivity index (χ4n) is 6.30. The Balaban J connectivity index is 1.18. The van der Waals surface area contributed by atoms with E-state index in [4.69, 9.17) is 9.47 Å². The number of aromatic amines is 1. The van der Waals surface area contributed by atoms with Gasteiger partial charge in [0.15, 0.2) is 0 Å². The molecule has 0 radical (unpaired) electrons. The number of hydrogen-bond acceptors (Lipinski definition) is 6. The molecule has 3 saturated heterocycles. The van der Waals surface area contributed by atoms with E-state index in [-0.39, 0.29) is 23.4 Å². The van der Waals surface area contributed by atoms with Crippen molar-refractivity contribution >= 4 is 22.7 Å². The molecule has 2 N–H and O–H groups in total. The van der Waals surface area contributed by atoms with Gasteiger partial charge in [-0.05, 0) is 68.0 Å². The number of fused-ring (bicyclic) bond motifs is 1. The third kappa shape index (κ3) is 6.47. The van der Waals surface area contributed by atoms with Crippen LogP contribution in [0.2, 0.25) is 0 Å². The van der Waals surface area contributed by atoms with Gasteiger partial charge in [-0.3, -0.25) is 14.4 Å². The first-order valence-corrected chi connectivity index (χ1v) is 14.8. The molecule has 0 spiro atoms. The van der Waals surface area contributed by atoms with Gasteiger partial charge in [0.05, 0.1) is 0 Å². The number of aromatic nitrogens is 1. The zero-order valence-electron chi connectivity index (χ0n) is 23.6. The molecule has 0 saturated carbocycles. The topological polar surface area (TPSA) is 104 Å². The minimum atomic E-state index is -0.161. The predicted molar refractivity (Wildman–Crippen MR) is 156 cm³/mol. The minimum Gasteiger partial charge on any atom is -0.457 e. The molecular formula is C32H38N4O5. The van der Waals surface area contributed by atoms with E-state index in [2.05, 4.69) is 22.1 Å². The van der Waals surface area contributed by atoms with Gasteiger partial charge >= 0.3 is 0 Å². The number of carbonyl (C=O) groups excluding carboxylic acids is 2. The van der Waals surface area contributed by atoms with Gasteiger partial charge in [-0.1, -0.05) is 13.0 Å². The van der Waals surface area contributed by atoms with Gasteiger partial charge < -0.3 is 29.6 Å². The highest BCUT2D eigenvalue weighted by Gasteiger charge is 2.29. The molecule has 9 heteroatoms. The van der Waals surface area contributed by atoms with Crippen molar-refractivity contribution in [2.45, 2.75) is 57.7 Å². The lowest BCUT2D eigenvalue weighted by molar-refractivity contribution is -0.128. The van der Waals surface area contributed by atoms with E-state index in [0.29, 0.717) is 48.5 Å². The quantitative estimate of drug-likeness (QED) is 0.453. The maximum Gasteiger partial charge on any atom is 0.251 e. The summed E-state index contributed by atoms with van der Waals surface area (Å²) in [5, 5.41) is 4.08. The van der Waals surface area contributed by atoms with E-state index in [9.17, 15) is 14.4 Å². The molecule has 2 aromatic carbocycles. The molecule has 2 amide bonds. The number of H-pyrrole nitrogens is 1. The lowest BCUT2D eigenvalue weighted by atomic mass is 9.99. The molecule has 4 heterocycles. The first-order chi connectivity index (χ1) is 19.9. The minimum absolute atomic E-state index is 0.118. The average Bonchev–Trinajstić information content (AvgIpc) is 3.30. The number of nitrogens with zero attached hydrogens (tertiary/aromatic N) is 2. The maximum atomic E-state index is 13.4. The third-order valence-corrected chi connectivity index (χ3v) is 8.59. The number of benzene rings is 2. The standard InChI is InChI=1S/C32H38N4O5/c1-21-16-31(38)36(19-21)20-24-3-2-23(18-29(24)41-27-5-6-28-22(17-27)4-7-30(37)34-28)32(39)33-25-8-12-35(13-9-25)26-10-14-40-15-11-26/h2-7,17-18,21,25-26H,8-16,19-20H2,1H3,(H,33,39)(H,34,37). The van der Waals surface area contributed by atoms with Gasteiger partial charge in [0.25, 0.3) is 5.91 Å². The Kier molecular flexibility index (Phi) is 8.07. The molecular weight excluding hydrogens is 520 g/mol. The highest BCUT2D eigenvalue weighted by atomic mass is 16.5. The van der Waals surface area contributed by atoms with E-state index >= 15 is 0 Å². The van der Waals surface area contributed by atoms with Gasteiger partial charge in [-0.25, -0.2) is 0 Å². The van der Waals surface area contributed by atoms with Gasteiger partial charge in [0, 0.05) is 86.0 Å². The largest absolute Gasteiger partial charge is 0.457 e. The molecule has 1 aromatic heterocycles. The van der Waals surface area contributed by atoms with Crippen LogP contribution in [0, 0.1) is 5.92 Å². The van der Waals surface area contributed by atoms with Crippen LogP contribution in [-0.2, 0) is 16.1 Å². The van der Waals surface area contributed by atoms with Crippen molar-refractivity contribution in [3.05, 3.63) is 70.0 Å². The summed E-state index contributed by atoms with van der Waals surface area (Å²) in [4.78, 5) is 44.8. The fourth-order valence-corrected chi connectivity index (χ4v) is 6.30. The van der Waals surface area contributed by atoms with Crippen LogP contribution in [0.15, 0.2) is 53.3 Å². The summed E-state index contributed by atoms with van der Waals surface area (Å²) in [5.41, 5.74) is 1.93.